The first-order valence-electron chi connectivity index (χ1n) is 8.62. The zero-order valence-corrected chi connectivity index (χ0v) is 16.2. The fourth-order valence-electron chi connectivity index (χ4n) is 3.14. The number of hydrogen-bond donors (Lipinski definition) is 0. The van der Waals surface area contributed by atoms with Gasteiger partial charge in [0, 0.05) is 22.8 Å². The minimum absolute atomic E-state index is 0.0506. The number of halogens is 2. The number of carbonyl (C=O) groups excluding carboxylic acids is 2. The van der Waals surface area contributed by atoms with E-state index in [0.29, 0.717) is 16.3 Å². The molecule has 0 bridgehead atoms. The molecule has 2 aromatic carbocycles. The number of imide groups is 1. The van der Waals surface area contributed by atoms with Gasteiger partial charge in [0.05, 0.1) is 6.67 Å². The van der Waals surface area contributed by atoms with Crippen molar-refractivity contribution in [2.75, 3.05) is 18.6 Å². The van der Waals surface area contributed by atoms with Gasteiger partial charge in [-0.1, -0.05) is 35.4 Å². The van der Waals surface area contributed by atoms with E-state index in [4.69, 9.17) is 11.6 Å². The van der Waals surface area contributed by atoms with Crippen LogP contribution >= 0.6 is 11.6 Å². The molecule has 7 heteroatoms. The Morgan fingerprint density at radius 1 is 1.15 bits per heavy atom. The zero-order chi connectivity index (χ0) is 19.7. The van der Waals surface area contributed by atoms with Gasteiger partial charge in [-0.15, -0.1) is 0 Å². The molecule has 1 aliphatic rings. The average Bonchev–Trinajstić information content (AvgIpc) is 2.83. The second-order valence-electron chi connectivity index (χ2n) is 6.79. The van der Waals surface area contributed by atoms with Crippen molar-refractivity contribution in [2.45, 2.75) is 26.4 Å². The smallest absolute Gasteiger partial charge is 0.284 e. The summed E-state index contributed by atoms with van der Waals surface area (Å²) in [5.74, 6) is -0.699. The maximum absolute atomic E-state index is 14.0. The van der Waals surface area contributed by atoms with E-state index < -0.39 is 11.9 Å². The Labute approximate surface area is 162 Å². The molecule has 5 nitrogen and oxygen atoms in total. The van der Waals surface area contributed by atoms with Crippen LogP contribution in [-0.4, -0.2) is 41.5 Å². The van der Waals surface area contributed by atoms with Crippen molar-refractivity contribution < 1.29 is 14.0 Å². The van der Waals surface area contributed by atoms with E-state index in [0.717, 1.165) is 5.56 Å². The van der Waals surface area contributed by atoms with Crippen LogP contribution in [0.4, 0.5) is 14.9 Å². The van der Waals surface area contributed by atoms with Crippen LogP contribution in [0.2, 0.25) is 5.02 Å². The highest BCUT2D eigenvalue weighted by Crippen LogP contribution is 2.27. The molecular weight excluding hydrogens is 369 g/mol. The van der Waals surface area contributed by atoms with E-state index in [1.54, 1.807) is 24.9 Å². The molecule has 1 atom stereocenters. The van der Waals surface area contributed by atoms with Crippen LogP contribution in [0.5, 0.6) is 0 Å². The van der Waals surface area contributed by atoms with Gasteiger partial charge in [-0.2, -0.15) is 0 Å². The molecule has 1 heterocycles. The van der Waals surface area contributed by atoms with Gasteiger partial charge < -0.3 is 0 Å². The number of nitrogens with zero attached hydrogens (tertiary/aromatic N) is 3. The molecule has 2 aromatic rings. The minimum Gasteiger partial charge on any atom is -0.284 e. The summed E-state index contributed by atoms with van der Waals surface area (Å²) in [7, 11) is 1.71. The first kappa shape index (κ1) is 19.3. The number of rotatable bonds is 5. The predicted octanol–water partition coefficient (Wildman–Crippen LogP) is 4.03. The maximum Gasteiger partial charge on any atom is 0.333 e. The number of aryl methyl sites for hydroxylation is 1. The van der Waals surface area contributed by atoms with Gasteiger partial charge in [-0.3, -0.25) is 14.6 Å². The molecule has 0 aliphatic carbocycles. The molecule has 1 saturated heterocycles. The lowest BCUT2D eigenvalue weighted by Gasteiger charge is -2.24. The molecule has 0 radical (unpaired) electrons. The summed E-state index contributed by atoms with van der Waals surface area (Å²) in [5.41, 5.74) is 2.08. The molecule has 1 aliphatic heterocycles. The van der Waals surface area contributed by atoms with Crippen molar-refractivity contribution >= 4 is 29.2 Å². The minimum atomic E-state index is -0.592. The van der Waals surface area contributed by atoms with Gasteiger partial charge in [-0.25, -0.2) is 14.1 Å². The number of benzene rings is 2. The van der Waals surface area contributed by atoms with Crippen LogP contribution in [-0.2, 0) is 11.3 Å². The number of amides is 3. The summed E-state index contributed by atoms with van der Waals surface area (Å²) in [5, 5.41) is 0.315. The van der Waals surface area contributed by atoms with Crippen molar-refractivity contribution in [3.63, 3.8) is 0 Å². The highest BCUT2D eigenvalue weighted by molar-refractivity contribution is 6.31. The average molecular weight is 390 g/mol. The van der Waals surface area contributed by atoms with Crippen molar-refractivity contribution in [3.05, 3.63) is 64.4 Å². The van der Waals surface area contributed by atoms with Crippen molar-refractivity contribution in [2.24, 2.45) is 0 Å². The molecule has 0 spiro atoms. The van der Waals surface area contributed by atoms with Crippen molar-refractivity contribution in [1.29, 1.82) is 0 Å². The van der Waals surface area contributed by atoms with Gasteiger partial charge in [0.25, 0.3) is 5.91 Å². The van der Waals surface area contributed by atoms with Gasteiger partial charge in [-0.05, 0) is 45.2 Å². The van der Waals surface area contributed by atoms with Crippen molar-refractivity contribution in [3.8, 4) is 0 Å². The van der Waals surface area contributed by atoms with Crippen LogP contribution in [0.15, 0.2) is 42.5 Å². The van der Waals surface area contributed by atoms with Gasteiger partial charge in [0.15, 0.2) is 0 Å². The fourth-order valence-corrected chi connectivity index (χ4v) is 3.36. The van der Waals surface area contributed by atoms with E-state index in [-0.39, 0.29) is 25.2 Å². The lowest BCUT2D eigenvalue weighted by Crippen LogP contribution is -2.40. The highest BCUT2D eigenvalue weighted by Gasteiger charge is 2.43. The second kappa shape index (κ2) is 7.66. The topological polar surface area (TPSA) is 43.9 Å². The second-order valence-corrected chi connectivity index (χ2v) is 7.19. The van der Waals surface area contributed by atoms with Gasteiger partial charge in [0.1, 0.15) is 11.9 Å². The van der Waals surface area contributed by atoms with Crippen LogP contribution < -0.4 is 4.90 Å². The third-order valence-corrected chi connectivity index (χ3v) is 4.99. The first-order chi connectivity index (χ1) is 12.8. The van der Waals surface area contributed by atoms with E-state index in [2.05, 4.69) is 0 Å². The Hall–Kier alpha value is -2.44. The molecule has 0 unspecified atom stereocenters. The molecule has 0 N–H and O–H groups in total. The summed E-state index contributed by atoms with van der Waals surface area (Å²) in [6, 6.07) is 10.9. The van der Waals surface area contributed by atoms with E-state index in [9.17, 15) is 14.0 Å². The third-order valence-electron chi connectivity index (χ3n) is 4.63. The van der Waals surface area contributed by atoms with Crippen LogP contribution in [0.1, 0.15) is 18.1 Å². The number of anilines is 1. The Balaban J connectivity index is 1.76. The van der Waals surface area contributed by atoms with E-state index >= 15 is 0 Å². The SMILES string of the molecule is Cc1ccc(N2C(=O)N(CN(C)Cc3c(F)cccc3Cl)C(=O)[C@@H]2C)cc1. The van der Waals surface area contributed by atoms with Crippen molar-refractivity contribution in [1.82, 2.24) is 9.80 Å². The standard InChI is InChI=1S/C20H21ClFN3O2/c1-13-7-9-15(10-8-13)25-14(2)19(26)24(20(25)27)12-23(3)11-16-17(21)5-4-6-18(16)22/h4-10,14H,11-12H2,1-3H3/t14-/m0/s1. The Morgan fingerprint density at radius 3 is 2.44 bits per heavy atom. The summed E-state index contributed by atoms with van der Waals surface area (Å²) < 4.78 is 14.0. The third kappa shape index (κ3) is 3.82. The zero-order valence-electron chi connectivity index (χ0n) is 15.4. The normalized spacial score (nSPS) is 17.3. The fraction of sp³-hybridized carbons (Fsp3) is 0.300. The number of urea groups is 1. The number of hydrogen-bond acceptors (Lipinski definition) is 3. The Kier molecular flexibility index (Phi) is 5.48. The molecule has 3 rings (SSSR count). The van der Waals surface area contributed by atoms with E-state index in [1.165, 1.54) is 21.9 Å². The Bertz CT molecular complexity index is 852. The van der Waals surface area contributed by atoms with Crippen LogP contribution in [0.3, 0.4) is 0 Å². The monoisotopic (exact) mass is 389 g/mol. The molecule has 3 amide bonds. The van der Waals surface area contributed by atoms with Gasteiger partial charge >= 0.3 is 6.03 Å². The molecule has 0 aromatic heterocycles. The Morgan fingerprint density at radius 2 is 1.81 bits per heavy atom. The molecule has 142 valence electrons. The highest BCUT2D eigenvalue weighted by atomic mass is 35.5. The van der Waals surface area contributed by atoms with E-state index in [1.807, 2.05) is 31.2 Å². The summed E-state index contributed by atoms with van der Waals surface area (Å²) in [6.07, 6.45) is 0. The lowest BCUT2D eigenvalue weighted by molar-refractivity contribution is -0.128. The molecule has 27 heavy (non-hydrogen) atoms. The summed E-state index contributed by atoms with van der Waals surface area (Å²) in [4.78, 5) is 29.8. The largest absolute Gasteiger partial charge is 0.333 e. The summed E-state index contributed by atoms with van der Waals surface area (Å²) >= 11 is 6.06. The maximum atomic E-state index is 14.0. The summed E-state index contributed by atoms with van der Waals surface area (Å²) in [6.45, 7) is 3.89. The quantitative estimate of drug-likeness (QED) is 0.725. The molecular formula is C20H21ClFN3O2. The van der Waals surface area contributed by atoms with Crippen LogP contribution in [0, 0.1) is 12.7 Å². The number of carbonyl (C=O) groups is 2. The van der Waals surface area contributed by atoms with Crippen LogP contribution in [0.25, 0.3) is 0 Å². The molecule has 0 saturated carbocycles. The lowest BCUT2D eigenvalue weighted by atomic mass is 10.2. The first-order valence-corrected chi connectivity index (χ1v) is 9.00. The predicted molar refractivity (Wildman–Crippen MR) is 103 cm³/mol. The molecule has 1 fully saturated rings. The van der Waals surface area contributed by atoms with Gasteiger partial charge in [0.2, 0.25) is 0 Å².